The molecule has 74 valence electrons. The first-order valence-electron chi connectivity index (χ1n) is 4.10. The normalized spacial score (nSPS) is 12.0. The molecule has 1 atom stereocenters. The molecule has 0 bridgehead atoms. The van der Waals surface area contributed by atoms with Crippen LogP contribution in [0.2, 0.25) is 0 Å². The molecule has 0 fully saturated rings. The summed E-state index contributed by atoms with van der Waals surface area (Å²) < 4.78 is 0. The van der Waals surface area contributed by atoms with Crippen molar-refractivity contribution in [2.75, 3.05) is 0 Å². The second-order valence-corrected chi connectivity index (χ2v) is 2.92. The van der Waals surface area contributed by atoms with Crippen LogP contribution in [0.4, 0.5) is 0 Å². The molecule has 2 N–H and O–H groups in total. The van der Waals surface area contributed by atoms with Crippen LogP contribution in [0.25, 0.3) is 0 Å². The summed E-state index contributed by atoms with van der Waals surface area (Å²) in [6.45, 7) is 3.49. The van der Waals surface area contributed by atoms with Crippen molar-refractivity contribution >= 4 is 11.9 Å². The van der Waals surface area contributed by atoms with E-state index in [0.717, 1.165) is 0 Å². The number of carboxylic acid groups (broad SMARTS) is 2. The van der Waals surface area contributed by atoms with Gasteiger partial charge in [0.2, 0.25) is 0 Å². The molecule has 0 radical (unpaired) electrons. The summed E-state index contributed by atoms with van der Waals surface area (Å²) in [5.74, 6) is -1.89. The van der Waals surface area contributed by atoms with Gasteiger partial charge in [0.25, 0.3) is 0 Å². The quantitative estimate of drug-likeness (QED) is 0.591. The molecular formula is C9H14O4. The van der Waals surface area contributed by atoms with Gasteiger partial charge in [-0.2, -0.15) is 0 Å². The van der Waals surface area contributed by atoms with Crippen LogP contribution in [0.1, 0.15) is 25.7 Å². The lowest BCUT2D eigenvalue weighted by Gasteiger charge is -2.09. The Morgan fingerprint density at radius 2 is 1.92 bits per heavy atom. The predicted molar refractivity (Wildman–Crippen MR) is 47.4 cm³/mol. The van der Waals surface area contributed by atoms with Crippen molar-refractivity contribution in [3.05, 3.63) is 12.7 Å². The Morgan fingerprint density at radius 1 is 1.31 bits per heavy atom. The SMILES string of the molecule is C=CCC(CCC(=O)O)CC(=O)O. The van der Waals surface area contributed by atoms with Gasteiger partial charge in [-0.25, -0.2) is 0 Å². The van der Waals surface area contributed by atoms with E-state index in [4.69, 9.17) is 10.2 Å². The molecule has 13 heavy (non-hydrogen) atoms. The molecule has 0 saturated carbocycles. The van der Waals surface area contributed by atoms with E-state index in [0.29, 0.717) is 12.8 Å². The fourth-order valence-corrected chi connectivity index (χ4v) is 1.11. The van der Waals surface area contributed by atoms with Gasteiger partial charge in [0, 0.05) is 12.8 Å². The number of hydrogen-bond donors (Lipinski definition) is 2. The van der Waals surface area contributed by atoms with Crippen molar-refractivity contribution < 1.29 is 19.8 Å². The van der Waals surface area contributed by atoms with Crippen molar-refractivity contribution in [1.82, 2.24) is 0 Å². The van der Waals surface area contributed by atoms with Crippen LogP contribution in [0.3, 0.4) is 0 Å². The van der Waals surface area contributed by atoms with Crippen LogP contribution in [0, 0.1) is 5.92 Å². The molecule has 0 saturated heterocycles. The highest BCUT2D eigenvalue weighted by Crippen LogP contribution is 2.15. The Morgan fingerprint density at radius 3 is 2.31 bits per heavy atom. The number of carbonyl (C=O) groups is 2. The summed E-state index contributed by atoms with van der Waals surface area (Å²) in [6.07, 6.45) is 2.60. The largest absolute Gasteiger partial charge is 0.481 e. The standard InChI is InChI=1S/C9H14O4/c1-2-3-7(6-9(12)13)4-5-8(10)11/h2,7H,1,3-6H2,(H,10,11)(H,12,13). The van der Waals surface area contributed by atoms with Gasteiger partial charge in [-0.05, 0) is 18.8 Å². The summed E-state index contributed by atoms with van der Waals surface area (Å²) in [4.78, 5) is 20.6. The average molecular weight is 186 g/mol. The van der Waals surface area contributed by atoms with E-state index in [2.05, 4.69) is 6.58 Å². The molecular weight excluding hydrogens is 172 g/mol. The van der Waals surface area contributed by atoms with Gasteiger partial charge in [0.1, 0.15) is 0 Å². The molecule has 0 aromatic heterocycles. The zero-order chi connectivity index (χ0) is 10.3. The summed E-state index contributed by atoms with van der Waals surface area (Å²) in [6, 6.07) is 0. The van der Waals surface area contributed by atoms with Crippen LogP contribution in [0.15, 0.2) is 12.7 Å². The lowest BCUT2D eigenvalue weighted by Crippen LogP contribution is -2.09. The van der Waals surface area contributed by atoms with Crippen LogP contribution >= 0.6 is 0 Å². The van der Waals surface area contributed by atoms with Gasteiger partial charge < -0.3 is 10.2 Å². The van der Waals surface area contributed by atoms with E-state index in [1.165, 1.54) is 0 Å². The highest BCUT2D eigenvalue weighted by molar-refractivity contribution is 5.68. The Hall–Kier alpha value is -1.32. The lowest BCUT2D eigenvalue weighted by molar-refractivity contribution is -0.140. The van der Waals surface area contributed by atoms with E-state index >= 15 is 0 Å². The molecule has 1 unspecified atom stereocenters. The van der Waals surface area contributed by atoms with Gasteiger partial charge >= 0.3 is 11.9 Å². The highest BCUT2D eigenvalue weighted by Gasteiger charge is 2.12. The number of hydrogen-bond acceptors (Lipinski definition) is 2. The number of carboxylic acids is 2. The molecule has 0 aromatic carbocycles. The monoisotopic (exact) mass is 186 g/mol. The van der Waals surface area contributed by atoms with E-state index in [9.17, 15) is 9.59 Å². The first-order chi connectivity index (χ1) is 6.06. The van der Waals surface area contributed by atoms with E-state index < -0.39 is 11.9 Å². The maximum atomic E-state index is 10.3. The number of allylic oxidation sites excluding steroid dienone is 1. The first-order valence-corrected chi connectivity index (χ1v) is 4.10. The number of rotatable bonds is 7. The Balaban J connectivity index is 3.85. The van der Waals surface area contributed by atoms with Gasteiger partial charge in [0.05, 0.1) is 0 Å². The van der Waals surface area contributed by atoms with Gasteiger partial charge in [0.15, 0.2) is 0 Å². The minimum Gasteiger partial charge on any atom is -0.481 e. The van der Waals surface area contributed by atoms with Crippen LogP contribution in [-0.2, 0) is 9.59 Å². The van der Waals surface area contributed by atoms with Crippen LogP contribution in [0.5, 0.6) is 0 Å². The minimum absolute atomic E-state index is 0.0132. The van der Waals surface area contributed by atoms with E-state index in [-0.39, 0.29) is 18.8 Å². The van der Waals surface area contributed by atoms with Crippen molar-refractivity contribution in [1.29, 1.82) is 0 Å². The van der Waals surface area contributed by atoms with E-state index in [1.807, 2.05) is 0 Å². The van der Waals surface area contributed by atoms with Crippen molar-refractivity contribution in [2.24, 2.45) is 5.92 Å². The summed E-state index contributed by atoms with van der Waals surface area (Å²) in [7, 11) is 0. The maximum Gasteiger partial charge on any atom is 0.303 e. The Kier molecular flexibility index (Phi) is 5.59. The van der Waals surface area contributed by atoms with Crippen molar-refractivity contribution in [3.63, 3.8) is 0 Å². The molecule has 0 aliphatic carbocycles. The molecule has 0 amide bonds. The molecule has 4 heteroatoms. The van der Waals surface area contributed by atoms with Gasteiger partial charge in [-0.1, -0.05) is 6.08 Å². The molecule has 0 aliphatic heterocycles. The highest BCUT2D eigenvalue weighted by atomic mass is 16.4. The van der Waals surface area contributed by atoms with Crippen molar-refractivity contribution in [3.8, 4) is 0 Å². The molecule has 0 aliphatic rings. The van der Waals surface area contributed by atoms with E-state index in [1.54, 1.807) is 6.08 Å². The third kappa shape index (κ3) is 7.05. The zero-order valence-corrected chi connectivity index (χ0v) is 7.40. The minimum atomic E-state index is -0.891. The summed E-state index contributed by atoms with van der Waals surface area (Å²) >= 11 is 0. The predicted octanol–water partition coefficient (Wildman–Crippen LogP) is 1.52. The summed E-state index contributed by atoms with van der Waals surface area (Å²) in [5, 5.41) is 16.9. The maximum absolute atomic E-state index is 10.3. The Bertz CT molecular complexity index is 198. The number of aliphatic carboxylic acids is 2. The Labute approximate surface area is 76.9 Å². The lowest BCUT2D eigenvalue weighted by atomic mass is 9.96. The zero-order valence-electron chi connectivity index (χ0n) is 7.40. The molecule has 0 aromatic rings. The average Bonchev–Trinajstić information content (AvgIpc) is 1.99. The fourth-order valence-electron chi connectivity index (χ4n) is 1.11. The molecule has 0 heterocycles. The third-order valence-electron chi connectivity index (χ3n) is 1.73. The second kappa shape index (κ2) is 6.22. The summed E-state index contributed by atoms with van der Waals surface area (Å²) in [5.41, 5.74) is 0. The molecule has 4 nitrogen and oxygen atoms in total. The molecule has 0 spiro atoms. The van der Waals surface area contributed by atoms with Crippen LogP contribution < -0.4 is 0 Å². The second-order valence-electron chi connectivity index (χ2n) is 2.92. The first kappa shape index (κ1) is 11.7. The fraction of sp³-hybridized carbons (Fsp3) is 0.556. The molecule has 0 rings (SSSR count). The van der Waals surface area contributed by atoms with Gasteiger partial charge in [-0.15, -0.1) is 6.58 Å². The van der Waals surface area contributed by atoms with Gasteiger partial charge in [-0.3, -0.25) is 9.59 Å². The third-order valence-corrected chi connectivity index (χ3v) is 1.73. The van der Waals surface area contributed by atoms with Crippen LogP contribution in [-0.4, -0.2) is 22.2 Å². The smallest absolute Gasteiger partial charge is 0.303 e. The van der Waals surface area contributed by atoms with Crippen molar-refractivity contribution in [2.45, 2.75) is 25.7 Å². The topological polar surface area (TPSA) is 74.6 Å².